The third-order valence-electron chi connectivity index (χ3n) is 3.24. The summed E-state index contributed by atoms with van der Waals surface area (Å²) in [6.45, 7) is 0. The maximum atomic E-state index is 12.5. The molecule has 2 heterocycles. The number of amides is 2. The molecular weight excluding hydrogens is 393 g/mol. The van der Waals surface area contributed by atoms with E-state index in [1.807, 2.05) is 0 Å². The van der Waals surface area contributed by atoms with Crippen LogP contribution in [0, 0.1) is 0 Å². The van der Waals surface area contributed by atoms with Crippen LogP contribution < -0.4 is 15.4 Å². The third kappa shape index (κ3) is 4.14. The lowest BCUT2D eigenvalue weighted by atomic mass is 10.1. The van der Waals surface area contributed by atoms with Gasteiger partial charge in [-0.1, -0.05) is 16.8 Å². The number of carbonyl (C=O) groups excluding carboxylic acids is 1. The Balaban J connectivity index is 1.83. The van der Waals surface area contributed by atoms with Crippen molar-refractivity contribution in [1.82, 2.24) is 10.1 Å². The minimum Gasteiger partial charge on any atom is -0.495 e. The van der Waals surface area contributed by atoms with Crippen molar-refractivity contribution in [2.45, 2.75) is 6.18 Å². The van der Waals surface area contributed by atoms with Gasteiger partial charge in [0.15, 0.2) is 5.69 Å². The summed E-state index contributed by atoms with van der Waals surface area (Å²) in [7, 11) is 1.41. The molecule has 0 radical (unpaired) electrons. The highest BCUT2D eigenvalue weighted by molar-refractivity contribution is 6.32. The molecule has 0 saturated heterocycles. The lowest BCUT2D eigenvalue weighted by molar-refractivity contribution is -0.142. The topological polar surface area (TPSA) is 102 Å². The number of hydrogen-bond donors (Lipinski definition) is 2. The van der Waals surface area contributed by atoms with E-state index in [0.29, 0.717) is 17.4 Å². The van der Waals surface area contributed by atoms with Crippen LogP contribution in [0.15, 0.2) is 39.6 Å². The zero-order chi connectivity index (χ0) is 19.6. The van der Waals surface area contributed by atoms with Crippen molar-refractivity contribution in [3.8, 4) is 17.2 Å². The Kier molecular flexibility index (Phi) is 4.95. The molecule has 3 rings (SSSR count). The van der Waals surface area contributed by atoms with E-state index in [2.05, 4.69) is 25.3 Å². The summed E-state index contributed by atoms with van der Waals surface area (Å²) >= 11 is 6.06. The second kappa shape index (κ2) is 7.19. The predicted octanol–water partition coefficient (Wildman–Crippen LogP) is 4.65. The van der Waals surface area contributed by atoms with Crippen LogP contribution in [0.5, 0.6) is 5.75 Å². The Morgan fingerprint density at radius 2 is 2.04 bits per heavy atom. The summed E-state index contributed by atoms with van der Waals surface area (Å²) in [6.07, 6.45) is -1.97. The molecule has 2 N–H and O–H groups in total. The van der Waals surface area contributed by atoms with Crippen molar-refractivity contribution in [3.63, 3.8) is 0 Å². The van der Waals surface area contributed by atoms with Crippen molar-refractivity contribution in [3.05, 3.63) is 41.4 Å². The predicted molar refractivity (Wildman–Crippen MR) is 87.6 cm³/mol. The van der Waals surface area contributed by atoms with Gasteiger partial charge in [-0.05, 0) is 12.1 Å². The SMILES string of the molecule is COc1cc(-c2ncco2)c(NC(=O)Nc2cc(C(F)(F)F)no2)cc1Cl. The standard InChI is InChI=1S/C15H10ClF3N4O4/c1-25-10-4-7(13-20-2-3-26-13)9(5-8(10)16)21-14(24)22-12-6-11(23-27-12)15(17,18)19/h2-6H,1H3,(H2,21,22,24). The number of ether oxygens (including phenoxy) is 1. The van der Waals surface area contributed by atoms with Crippen LogP contribution in [0.25, 0.3) is 11.5 Å². The van der Waals surface area contributed by atoms with Gasteiger partial charge in [0.25, 0.3) is 0 Å². The summed E-state index contributed by atoms with van der Waals surface area (Å²) in [5.74, 6) is -0.0164. The maximum Gasteiger partial charge on any atom is 0.436 e. The van der Waals surface area contributed by atoms with E-state index in [4.69, 9.17) is 20.8 Å². The minimum absolute atomic E-state index is 0.166. The van der Waals surface area contributed by atoms with Crippen molar-refractivity contribution in [1.29, 1.82) is 0 Å². The number of nitrogens with one attached hydrogen (secondary N) is 2. The lowest BCUT2D eigenvalue weighted by Gasteiger charge is -2.12. The smallest absolute Gasteiger partial charge is 0.436 e. The Hall–Kier alpha value is -3.21. The number of carbonyl (C=O) groups is 1. The van der Waals surface area contributed by atoms with Crippen LogP contribution in [0.1, 0.15) is 5.69 Å². The van der Waals surface area contributed by atoms with E-state index in [-0.39, 0.29) is 16.6 Å². The van der Waals surface area contributed by atoms with Crippen molar-refractivity contribution in [2.24, 2.45) is 0 Å². The highest BCUT2D eigenvalue weighted by Gasteiger charge is 2.35. The van der Waals surface area contributed by atoms with E-state index >= 15 is 0 Å². The maximum absolute atomic E-state index is 12.5. The molecule has 2 amide bonds. The Morgan fingerprint density at radius 3 is 2.63 bits per heavy atom. The Labute approximate surface area is 154 Å². The molecule has 27 heavy (non-hydrogen) atoms. The van der Waals surface area contributed by atoms with Crippen LogP contribution >= 0.6 is 11.6 Å². The molecular formula is C15H10ClF3N4O4. The molecule has 0 aliphatic rings. The van der Waals surface area contributed by atoms with E-state index < -0.39 is 23.8 Å². The first-order chi connectivity index (χ1) is 12.8. The van der Waals surface area contributed by atoms with Gasteiger partial charge in [0.1, 0.15) is 12.0 Å². The van der Waals surface area contributed by atoms with Crippen LogP contribution in [0.3, 0.4) is 0 Å². The van der Waals surface area contributed by atoms with Crippen molar-refractivity contribution >= 4 is 29.2 Å². The molecule has 0 unspecified atom stereocenters. The Bertz CT molecular complexity index is 957. The van der Waals surface area contributed by atoms with Gasteiger partial charge >= 0.3 is 12.2 Å². The number of urea groups is 1. The number of hydrogen-bond acceptors (Lipinski definition) is 6. The first-order valence-corrected chi connectivity index (χ1v) is 7.55. The number of nitrogens with zero attached hydrogens (tertiary/aromatic N) is 2. The summed E-state index contributed by atoms with van der Waals surface area (Å²) in [4.78, 5) is 16.1. The first-order valence-electron chi connectivity index (χ1n) is 7.17. The van der Waals surface area contributed by atoms with Crippen LogP contribution in [0.2, 0.25) is 5.02 Å². The Morgan fingerprint density at radius 1 is 1.26 bits per heavy atom. The zero-order valence-electron chi connectivity index (χ0n) is 13.4. The van der Waals surface area contributed by atoms with Gasteiger partial charge in [0.05, 0.1) is 29.6 Å². The summed E-state index contributed by atoms with van der Waals surface area (Å²) in [5, 5.41) is 7.55. The van der Waals surface area contributed by atoms with E-state index in [1.165, 1.54) is 31.7 Å². The molecule has 12 heteroatoms. The monoisotopic (exact) mass is 402 g/mol. The lowest BCUT2D eigenvalue weighted by Crippen LogP contribution is -2.19. The zero-order valence-corrected chi connectivity index (χ0v) is 14.2. The molecule has 3 aromatic rings. The van der Waals surface area contributed by atoms with Gasteiger partial charge in [0, 0.05) is 6.07 Å². The number of alkyl halides is 3. The van der Waals surface area contributed by atoms with Gasteiger partial charge in [-0.3, -0.25) is 5.32 Å². The molecule has 0 fully saturated rings. The number of halogens is 4. The quantitative estimate of drug-likeness (QED) is 0.658. The summed E-state index contributed by atoms with van der Waals surface area (Å²) in [6, 6.07) is 2.52. The average Bonchev–Trinajstić information content (AvgIpc) is 3.26. The van der Waals surface area contributed by atoms with E-state index in [0.717, 1.165) is 0 Å². The molecule has 0 aliphatic heterocycles. The summed E-state index contributed by atoms with van der Waals surface area (Å²) in [5.41, 5.74) is -0.757. The van der Waals surface area contributed by atoms with Crippen molar-refractivity contribution < 1.29 is 31.6 Å². The van der Waals surface area contributed by atoms with Crippen LogP contribution in [-0.4, -0.2) is 23.3 Å². The number of rotatable bonds is 4. The van der Waals surface area contributed by atoms with Gasteiger partial charge in [-0.2, -0.15) is 13.2 Å². The molecule has 0 aliphatic carbocycles. The molecule has 2 aromatic heterocycles. The second-order valence-corrected chi connectivity index (χ2v) is 5.43. The molecule has 0 saturated carbocycles. The number of aromatic nitrogens is 2. The van der Waals surface area contributed by atoms with E-state index in [1.54, 1.807) is 0 Å². The fourth-order valence-corrected chi connectivity index (χ4v) is 2.32. The third-order valence-corrected chi connectivity index (χ3v) is 3.54. The molecule has 0 spiro atoms. The summed E-state index contributed by atoms with van der Waals surface area (Å²) < 4.78 is 52.3. The largest absolute Gasteiger partial charge is 0.495 e. The molecule has 0 bridgehead atoms. The highest BCUT2D eigenvalue weighted by Crippen LogP contribution is 2.36. The molecule has 142 valence electrons. The number of oxazole rings is 1. The second-order valence-electron chi connectivity index (χ2n) is 5.02. The van der Waals surface area contributed by atoms with Gasteiger partial charge in [0.2, 0.25) is 11.8 Å². The van der Waals surface area contributed by atoms with Gasteiger partial charge in [-0.15, -0.1) is 0 Å². The minimum atomic E-state index is -4.69. The molecule has 1 aromatic carbocycles. The van der Waals surface area contributed by atoms with E-state index in [9.17, 15) is 18.0 Å². The normalized spacial score (nSPS) is 11.3. The fraction of sp³-hybridized carbons (Fsp3) is 0.133. The van der Waals surface area contributed by atoms with Crippen molar-refractivity contribution in [2.75, 3.05) is 17.7 Å². The average molecular weight is 403 g/mol. The van der Waals surface area contributed by atoms with Crippen LogP contribution in [-0.2, 0) is 6.18 Å². The fourth-order valence-electron chi connectivity index (χ4n) is 2.08. The highest BCUT2D eigenvalue weighted by atomic mass is 35.5. The molecule has 0 atom stereocenters. The van der Waals surface area contributed by atoms with Gasteiger partial charge < -0.3 is 19.0 Å². The number of benzene rings is 1. The van der Waals surface area contributed by atoms with Gasteiger partial charge in [-0.25, -0.2) is 9.78 Å². The first kappa shape index (κ1) is 18.6. The number of methoxy groups -OCH3 is 1. The number of anilines is 2. The van der Waals surface area contributed by atoms with Crippen LogP contribution in [0.4, 0.5) is 29.5 Å². The molecule has 8 nitrogen and oxygen atoms in total.